The Bertz CT molecular complexity index is 846. The Labute approximate surface area is 187 Å². The summed E-state index contributed by atoms with van der Waals surface area (Å²) >= 11 is 0. The van der Waals surface area contributed by atoms with E-state index < -0.39 is 35.5 Å². The normalized spacial score (nSPS) is 20.3. The molecule has 0 aliphatic heterocycles. The number of carbonyl (C=O) groups is 3. The molecule has 1 aromatic rings. The van der Waals surface area contributed by atoms with Gasteiger partial charge in [0.05, 0.1) is 33.4 Å². The molecular weight excluding hydrogens is 420 g/mol. The van der Waals surface area contributed by atoms with E-state index in [0.717, 1.165) is 0 Å². The van der Waals surface area contributed by atoms with Crippen LogP contribution in [0.5, 0.6) is 11.5 Å². The molecule has 3 atom stereocenters. The Kier molecular flexibility index (Phi) is 9.67. The minimum atomic E-state index is -1.23. The van der Waals surface area contributed by atoms with Crippen molar-refractivity contribution in [2.24, 2.45) is 11.8 Å². The molecule has 1 aliphatic rings. The van der Waals surface area contributed by atoms with E-state index in [-0.39, 0.29) is 26.4 Å². The zero-order chi connectivity index (χ0) is 23.7. The highest BCUT2D eigenvalue weighted by Crippen LogP contribution is 2.44. The fourth-order valence-corrected chi connectivity index (χ4v) is 3.73. The van der Waals surface area contributed by atoms with E-state index in [2.05, 4.69) is 0 Å². The fourth-order valence-electron chi connectivity index (χ4n) is 3.73. The lowest BCUT2D eigenvalue weighted by Gasteiger charge is -2.34. The maximum absolute atomic E-state index is 13.0. The SMILES string of the molecule is COCCOC(=O)C1C(=O)C=C(C)C(C(=O)OCCOC)C1c1ccc(OC)c(OC)c1. The van der Waals surface area contributed by atoms with E-state index in [0.29, 0.717) is 22.6 Å². The molecule has 9 heteroatoms. The lowest BCUT2D eigenvalue weighted by Crippen LogP contribution is -2.42. The van der Waals surface area contributed by atoms with E-state index >= 15 is 0 Å². The molecule has 32 heavy (non-hydrogen) atoms. The Hall–Kier alpha value is -2.91. The van der Waals surface area contributed by atoms with Crippen molar-refractivity contribution in [1.82, 2.24) is 0 Å². The van der Waals surface area contributed by atoms with Crippen LogP contribution < -0.4 is 9.47 Å². The minimum Gasteiger partial charge on any atom is -0.493 e. The van der Waals surface area contributed by atoms with Gasteiger partial charge in [-0.1, -0.05) is 11.6 Å². The molecule has 0 N–H and O–H groups in total. The molecule has 0 spiro atoms. The topological polar surface area (TPSA) is 107 Å². The highest BCUT2D eigenvalue weighted by atomic mass is 16.6. The Balaban J connectivity index is 2.52. The van der Waals surface area contributed by atoms with Gasteiger partial charge in [0.15, 0.2) is 17.3 Å². The zero-order valence-electron chi connectivity index (χ0n) is 19.0. The van der Waals surface area contributed by atoms with Gasteiger partial charge < -0.3 is 28.4 Å². The van der Waals surface area contributed by atoms with E-state index in [1.165, 1.54) is 34.5 Å². The van der Waals surface area contributed by atoms with Crippen LogP contribution in [0.15, 0.2) is 29.8 Å². The molecule has 1 aromatic carbocycles. The van der Waals surface area contributed by atoms with Crippen LogP contribution >= 0.6 is 0 Å². The van der Waals surface area contributed by atoms with Gasteiger partial charge >= 0.3 is 11.9 Å². The molecule has 2 rings (SSSR count). The van der Waals surface area contributed by atoms with Crippen molar-refractivity contribution in [2.45, 2.75) is 12.8 Å². The third-order valence-corrected chi connectivity index (χ3v) is 5.25. The molecular formula is C23H30O9. The van der Waals surface area contributed by atoms with Gasteiger partial charge in [-0.15, -0.1) is 0 Å². The van der Waals surface area contributed by atoms with Gasteiger partial charge in [0.2, 0.25) is 0 Å². The van der Waals surface area contributed by atoms with Crippen molar-refractivity contribution in [3.63, 3.8) is 0 Å². The number of benzene rings is 1. The summed E-state index contributed by atoms with van der Waals surface area (Å²) in [4.78, 5) is 38.9. The first-order chi connectivity index (χ1) is 15.4. The fraction of sp³-hybridized carbons (Fsp3) is 0.522. The third kappa shape index (κ3) is 5.86. The van der Waals surface area contributed by atoms with Crippen LogP contribution in [0.3, 0.4) is 0 Å². The number of esters is 2. The van der Waals surface area contributed by atoms with E-state index in [9.17, 15) is 14.4 Å². The van der Waals surface area contributed by atoms with Crippen molar-refractivity contribution in [3.05, 3.63) is 35.4 Å². The number of carbonyl (C=O) groups excluding carboxylic acids is 3. The number of hydrogen-bond acceptors (Lipinski definition) is 9. The van der Waals surface area contributed by atoms with Crippen LogP contribution in [0.4, 0.5) is 0 Å². The molecule has 0 amide bonds. The van der Waals surface area contributed by atoms with Gasteiger partial charge in [-0.05, 0) is 30.7 Å². The maximum atomic E-state index is 13.0. The lowest BCUT2D eigenvalue weighted by atomic mass is 9.68. The van der Waals surface area contributed by atoms with Crippen LogP contribution in [-0.4, -0.2) is 72.6 Å². The summed E-state index contributed by atoms with van der Waals surface area (Å²) < 4.78 is 31.2. The van der Waals surface area contributed by atoms with Crippen LogP contribution in [-0.2, 0) is 33.3 Å². The van der Waals surface area contributed by atoms with Crippen molar-refractivity contribution < 1.29 is 42.8 Å². The summed E-state index contributed by atoms with van der Waals surface area (Å²) in [7, 11) is 5.95. The second kappa shape index (κ2) is 12.2. The van der Waals surface area contributed by atoms with Crippen LogP contribution in [0.1, 0.15) is 18.4 Å². The second-order valence-electron chi connectivity index (χ2n) is 7.21. The van der Waals surface area contributed by atoms with Crippen LogP contribution in [0.2, 0.25) is 0 Å². The zero-order valence-corrected chi connectivity index (χ0v) is 19.0. The Morgan fingerprint density at radius 2 is 1.38 bits per heavy atom. The Morgan fingerprint density at radius 1 is 0.812 bits per heavy atom. The number of methoxy groups -OCH3 is 4. The lowest BCUT2D eigenvalue weighted by molar-refractivity contribution is -0.156. The van der Waals surface area contributed by atoms with Gasteiger partial charge in [-0.25, -0.2) is 0 Å². The number of hydrogen-bond donors (Lipinski definition) is 0. The quantitative estimate of drug-likeness (QED) is 0.284. The molecule has 9 nitrogen and oxygen atoms in total. The first-order valence-electron chi connectivity index (χ1n) is 10.1. The summed E-state index contributed by atoms with van der Waals surface area (Å²) in [6.07, 6.45) is 1.31. The van der Waals surface area contributed by atoms with Crippen LogP contribution in [0, 0.1) is 11.8 Å². The predicted molar refractivity (Wildman–Crippen MR) is 114 cm³/mol. The summed E-state index contributed by atoms with van der Waals surface area (Å²) in [6.45, 7) is 2.12. The average molecular weight is 450 g/mol. The molecule has 1 aliphatic carbocycles. The summed E-state index contributed by atoms with van der Waals surface area (Å²) in [5.41, 5.74) is 1.05. The van der Waals surface area contributed by atoms with Gasteiger partial charge in [0, 0.05) is 20.1 Å². The Morgan fingerprint density at radius 3 is 1.91 bits per heavy atom. The molecule has 0 heterocycles. The smallest absolute Gasteiger partial charge is 0.317 e. The minimum absolute atomic E-state index is 0.0105. The van der Waals surface area contributed by atoms with E-state index in [1.807, 2.05) is 0 Å². The second-order valence-corrected chi connectivity index (χ2v) is 7.21. The van der Waals surface area contributed by atoms with E-state index in [1.54, 1.807) is 25.1 Å². The third-order valence-electron chi connectivity index (χ3n) is 5.25. The number of ketones is 1. The van der Waals surface area contributed by atoms with Crippen molar-refractivity contribution >= 4 is 17.7 Å². The number of allylic oxidation sites excluding steroid dienone is 1. The standard InChI is InChI=1S/C23H30O9/c1-14-12-16(24)21(23(26)32-11-9-28-3)20(19(14)22(25)31-10-8-27-2)15-6-7-17(29-4)18(13-15)30-5/h6-7,12-13,19-21H,8-11H2,1-5H3. The summed E-state index contributed by atoms with van der Waals surface area (Å²) in [5.74, 6) is -3.80. The van der Waals surface area contributed by atoms with Gasteiger partial charge in [-0.3, -0.25) is 14.4 Å². The predicted octanol–water partition coefficient (Wildman–Crippen LogP) is 1.93. The van der Waals surface area contributed by atoms with Gasteiger partial charge in [0.1, 0.15) is 19.1 Å². The highest BCUT2D eigenvalue weighted by molar-refractivity contribution is 6.08. The largest absolute Gasteiger partial charge is 0.493 e. The van der Waals surface area contributed by atoms with Gasteiger partial charge in [0.25, 0.3) is 0 Å². The van der Waals surface area contributed by atoms with Crippen molar-refractivity contribution in [3.8, 4) is 11.5 Å². The van der Waals surface area contributed by atoms with E-state index in [4.69, 9.17) is 28.4 Å². The molecule has 0 saturated carbocycles. The molecule has 0 saturated heterocycles. The first kappa shape index (κ1) is 25.4. The van der Waals surface area contributed by atoms with Crippen molar-refractivity contribution in [2.75, 3.05) is 54.9 Å². The summed E-state index contributed by atoms with van der Waals surface area (Å²) in [5, 5.41) is 0. The molecule has 0 aromatic heterocycles. The monoisotopic (exact) mass is 450 g/mol. The average Bonchev–Trinajstić information content (AvgIpc) is 2.78. The number of rotatable bonds is 11. The molecule has 176 valence electrons. The van der Waals surface area contributed by atoms with Crippen molar-refractivity contribution in [1.29, 1.82) is 0 Å². The van der Waals surface area contributed by atoms with Gasteiger partial charge in [-0.2, -0.15) is 0 Å². The molecule has 0 fully saturated rings. The van der Waals surface area contributed by atoms with Crippen LogP contribution in [0.25, 0.3) is 0 Å². The molecule has 3 unspecified atom stereocenters. The highest BCUT2D eigenvalue weighted by Gasteiger charge is 2.48. The molecule has 0 bridgehead atoms. The number of ether oxygens (including phenoxy) is 6. The first-order valence-corrected chi connectivity index (χ1v) is 10.1. The maximum Gasteiger partial charge on any atom is 0.317 e. The molecule has 0 radical (unpaired) electrons. The summed E-state index contributed by atoms with van der Waals surface area (Å²) in [6, 6.07) is 5.01.